The summed E-state index contributed by atoms with van der Waals surface area (Å²) < 4.78 is 0. The maximum atomic E-state index is 4.77. The maximum absolute atomic E-state index is 4.77. The van der Waals surface area contributed by atoms with Crippen molar-refractivity contribution in [1.29, 1.82) is 0 Å². The predicted molar refractivity (Wildman–Crippen MR) is 41.2 cm³/mol. The van der Waals surface area contributed by atoms with E-state index in [1.54, 1.807) is 13.5 Å². The van der Waals surface area contributed by atoms with Gasteiger partial charge in [-0.05, 0) is 13.3 Å². The Balaban J connectivity index is 2.65. The van der Waals surface area contributed by atoms with Crippen LogP contribution in [0.25, 0.3) is 0 Å². The zero-order valence-corrected chi connectivity index (χ0v) is 6.93. The monoisotopic (exact) mass is 145 g/mol. The second-order valence-corrected chi connectivity index (χ2v) is 2.21. The molecule has 0 amide bonds. The summed E-state index contributed by atoms with van der Waals surface area (Å²) in [5.74, 6) is 0. The summed E-state index contributed by atoms with van der Waals surface area (Å²) in [4.78, 5) is 9.36. The molecule has 0 rings (SSSR count). The summed E-state index contributed by atoms with van der Waals surface area (Å²) in [5, 5.41) is 0. The van der Waals surface area contributed by atoms with Crippen LogP contribution in [-0.4, -0.2) is 6.61 Å². The minimum atomic E-state index is 0.713. The molecule has 0 spiro atoms. The van der Waals surface area contributed by atoms with Crippen LogP contribution in [0, 0.1) is 6.61 Å². The number of hydrogen-bond donors (Lipinski definition) is 0. The minimum absolute atomic E-state index is 0.713. The molecule has 0 aromatic carbocycles. The van der Waals surface area contributed by atoms with Gasteiger partial charge in [-0.3, -0.25) is 0 Å². The fourth-order valence-corrected chi connectivity index (χ4v) is 0.704. The Kier molecular flexibility index (Phi) is 8.85. The molecule has 0 saturated heterocycles. The molecular weight excluding hydrogens is 128 g/mol. The molecule has 0 bridgehead atoms. The summed E-state index contributed by atoms with van der Waals surface area (Å²) in [7, 11) is 0. The minimum Gasteiger partial charge on any atom is -0.236 e. The zero-order chi connectivity index (χ0) is 7.66. The SMILES string of the molecule is C[CH]OOCCCCCC. The lowest BCUT2D eigenvalue weighted by Crippen LogP contribution is -1.92. The van der Waals surface area contributed by atoms with Crippen molar-refractivity contribution in [1.82, 2.24) is 0 Å². The lowest BCUT2D eigenvalue weighted by molar-refractivity contribution is -0.267. The van der Waals surface area contributed by atoms with Gasteiger partial charge in [-0.15, -0.1) is 0 Å². The van der Waals surface area contributed by atoms with E-state index in [-0.39, 0.29) is 0 Å². The van der Waals surface area contributed by atoms with E-state index < -0.39 is 0 Å². The van der Waals surface area contributed by atoms with Crippen molar-refractivity contribution in [2.24, 2.45) is 0 Å². The molecule has 0 aliphatic heterocycles. The third kappa shape index (κ3) is 7.92. The van der Waals surface area contributed by atoms with Crippen LogP contribution in [0.2, 0.25) is 0 Å². The molecule has 2 nitrogen and oxygen atoms in total. The molecule has 0 N–H and O–H groups in total. The van der Waals surface area contributed by atoms with Gasteiger partial charge in [0.2, 0.25) is 0 Å². The highest BCUT2D eigenvalue weighted by atomic mass is 17.2. The first-order valence-electron chi connectivity index (χ1n) is 3.98. The second-order valence-electron chi connectivity index (χ2n) is 2.21. The van der Waals surface area contributed by atoms with Gasteiger partial charge < -0.3 is 0 Å². The molecule has 0 aromatic rings. The van der Waals surface area contributed by atoms with Gasteiger partial charge in [0.1, 0.15) is 6.61 Å². The Morgan fingerprint density at radius 2 is 2.00 bits per heavy atom. The van der Waals surface area contributed by atoms with E-state index in [9.17, 15) is 0 Å². The van der Waals surface area contributed by atoms with E-state index in [1.165, 1.54) is 19.3 Å². The smallest absolute Gasteiger partial charge is 0.119 e. The van der Waals surface area contributed by atoms with Crippen molar-refractivity contribution in [3.8, 4) is 0 Å². The van der Waals surface area contributed by atoms with Gasteiger partial charge in [0.25, 0.3) is 0 Å². The van der Waals surface area contributed by atoms with Crippen LogP contribution in [0.1, 0.15) is 39.5 Å². The van der Waals surface area contributed by atoms with Gasteiger partial charge in [-0.25, -0.2) is 9.78 Å². The Labute approximate surface area is 63.5 Å². The molecule has 0 aliphatic carbocycles. The van der Waals surface area contributed by atoms with E-state index in [0.29, 0.717) is 6.61 Å². The van der Waals surface area contributed by atoms with Crippen LogP contribution in [0.15, 0.2) is 0 Å². The standard InChI is InChI=1S/C8H17O2/c1-3-5-6-7-8-10-9-4-2/h4H,3,5-8H2,1-2H3. The summed E-state index contributed by atoms with van der Waals surface area (Å²) >= 11 is 0. The Bertz CT molecular complexity index is 47.2. The van der Waals surface area contributed by atoms with Crippen molar-refractivity contribution < 1.29 is 9.78 Å². The molecule has 10 heavy (non-hydrogen) atoms. The first-order chi connectivity index (χ1) is 4.91. The second kappa shape index (κ2) is 8.92. The lowest BCUT2D eigenvalue weighted by atomic mass is 10.2. The molecule has 1 radical (unpaired) electrons. The summed E-state index contributed by atoms with van der Waals surface area (Å²) in [5.41, 5.74) is 0. The summed E-state index contributed by atoms with van der Waals surface area (Å²) in [6.45, 7) is 6.24. The normalized spacial score (nSPS) is 10.2. The van der Waals surface area contributed by atoms with Gasteiger partial charge >= 0.3 is 0 Å². The van der Waals surface area contributed by atoms with Crippen LogP contribution in [0.5, 0.6) is 0 Å². The Morgan fingerprint density at radius 1 is 1.20 bits per heavy atom. The highest BCUT2D eigenvalue weighted by Crippen LogP contribution is 1.98. The van der Waals surface area contributed by atoms with Crippen LogP contribution >= 0.6 is 0 Å². The lowest BCUT2D eigenvalue weighted by Gasteiger charge is -1.99. The Morgan fingerprint density at radius 3 is 2.60 bits per heavy atom. The first-order valence-corrected chi connectivity index (χ1v) is 3.98. The average Bonchev–Trinajstić information content (AvgIpc) is 1.97. The van der Waals surface area contributed by atoms with Crippen LogP contribution in [0.3, 0.4) is 0 Å². The molecule has 0 atom stereocenters. The van der Waals surface area contributed by atoms with Crippen molar-refractivity contribution in [2.75, 3.05) is 6.61 Å². The number of hydrogen-bond acceptors (Lipinski definition) is 2. The molecule has 0 saturated carbocycles. The van der Waals surface area contributed by atoms with E-state index in [2.05, 4.69) is 11.8 Å². The van der Waals surface area contributed by atoms with Crippen molar-refractivity contribution in [3.63, 3.8) is 0 Å². The van der Waals surface area contributed by atoms with Crippen molar-refractivity contribution in [3.05, 3.63) is 6.61 Å². The molecule has 2 heteroatoms. The number of rotatable bonds is 7. The predicted octanol–water partition coefficient (Wildman–Crippen LogP) is 2.70. The first kappa shape index (κ1) is 9.92. The van der Waals surface area contributed by atoms with Crippen LogP contribution < -0.4 is 0 Å². The van der Waals surface area contributed by atoms with Gasteiger partial charge in [-0.1, -0.05) is 26.2 Å². The molecule has 0 fully saturated rings. The third-order valence-corrected chi connectivity index (χ3v) is 1.25. The van der Waals surface area contributed by atoms with Gasteiger partial charge in [-0.2, -0.15) is 0 Å². The van der Waals surface area contributed by atoms with Crippen LogP contribution in [0.4, 0.5) is 0 Å². The van der Waals surface area contributed by atoms with Crippen molar-refractivity contribution >= 4 is 0 Å². The highest BCUT2D eigenvalue weighted by molar-refractivity contribution is 4.37. The van der Waals surface area contributed by atoms with Crippen molar-refractivity contribution in [2.45, 2.75) is 39.5 Å². The van der Waals surface area contributed by atoms with E-state index >= 15 is 0 Å². The summed E-state index contributed by atoms with van der Waals surface area (Å²) in [6, 6.07) is 0. The largest absolute Gasteiger partial charge is 0.236 e. The third-order valence-electron chi connectivity index (χ3n) is 1.25. The zero-order valence-electron chi connectivity index (χ0n) is 6.93. The molecule has 0 aromatic heterocycles. The molecular formula is C8H17O2. The quantitative estimate of drug-likeness (QED) is 0.311. The maximum Gasteiger partial charge on any atom is 0.119 e. The fourth-order valence-electron chi connectivity index (χ4n) is 0.704. The van der Waals surface area contributed by atoms with Gasteiger partial charge in [0.05, 0.1) is 6.61 Å². The Hall–Kier alpha value is -0.0800. The molecule has 0 heterocycles. The van der Waals surface area contributed by atoms with E-state index in [0.717, 1.165) is 6.42 Å². The molecule has 61 valence electrons. The van der Waals surface area contributed by atoms with E-state index in [1.807, 2.05) is 0 Å². The summed E-state index contributed by atoms with van der Waals surface area (Å²) in [6.07, 6.45) is 4.89. The van der Waals surface area contributed by atoms with Gasteiger partial charge in [0.15, 0.2) is 0 Å². The topological polar surface area (TPSA) is 18.5 Å². The van der Waals surface area contributed by atoms with Gasteiger partial charge in [0, 0.05) is 0 Å². The van der Waals surface area contributed by atoms with E-state index in [4.69, 9.17) is 4.89 Å². The molecule has 0 aliphatic rings. The fraction of sp³-hybridized carbons (Fsp3) is 0.875. The highest BCUT2D eigenvalue weighted by Gasteiger charge is 1.87. The number of unbranched alkanes of at least 4 members (excludes halogenated alkanes) is 3. The molecule has 0 unspecified atom stereocenters. The van der Waals surface area contributed by atoms with Crippen LogP contribution in [-0.2, 0) is 9.78 Å². The average molecular weight is 145 g/mol.